The van der Waals surface area contributed by atoms with Crippen molar-refractivity contribution in [2.24, 2.45) is 7.05 Å². The Kier molecular flexibility index (Phi) is 7.62. The van der Waals surface area contributed by atoms with Crippen molar-refractivity contribution in [2.75, 3.05) is 26.2 Å². The summed E-state index contributed by atoms with van der Waals surface area (Å²) in [6.45, 7) is 13.7. The number of hydrogen-bond acceptors (Lipinski definition) is 4. The average molecular weight is 461 g/mol. The molecule has 0 bridgehead atoms. The molecular formula is C25H31F3N4O. The molecule has 8 heteroatoms. The molecule has 1 saturated heterocycles. The number of benzene rings is 1. The largest absolute Gasteiger partial charge is 0.421 e. The maximum absolute atomic E-state index is 12.9. The summed E-state index contributed by atoms with van der Waals surface area (Å²) in [6.07, 6.45) is 1.54. The molecule has 0 radical (unpaired) electrons. The highest BCUT2D eigenvalue weighted by molar-refractivity contribution is 5.72. The number of halogens is 3. The molecule has 5 nitrogen and oxygen atoms in total. The highest BCUT2D eigenvalue weighted by Gasteiger charge is 2.51. The van der Waals surface area contributed by atoms with Crippen molar-refractivity contribution >= 4 is 5.57 Å². The Balaban J connectivity index is 1.50. The molecule has 1 N–H and O–H groups in total. The molecule has 3 rings (SSSR count). The van der Waals surface area contributed by atoms with Gasteiger partial charge in [0.2, 0.25) is 0 Å². The molecule has 0 amide bonds. The lowest BCUT2D eigenvalue weighted by atomic mass is 9.95. The van der Waals surface area contributed by atoms with E-state index in [0.717, 1.165) is 50.9 Å². The molecule has 1 aromatic heterocycles. The number of nitrogens with zero attached hydrogens (tertiary/aromatic N) is 4. The van der Waals surface area contributed by atoms with E-state index in [1.807, 2.05) is 48.4 Å². The minimum absolute atomic E-state index is 0.435. The lowest BCUT2D eigenvalue weighted by Crippen LogP contribution is -2.45. The molecule has 1 aliphatic rings. The molecule has 1 fully saturated rings. The van der Waals surface area contributed by atoms with Crippen LogP contribution in [0.5, 0.6) is 0 Å². The van der Waals surface area contributed by atoms with Crippen molar-refractivity contribution in [1.82, 2.24) is 19.4 Å². The monoisotopic (exact) mass is 460 g/mol. The number of imidazole rings is 1. The van der Waals surface area contributed by atoms with Gasteiger partial charge in [-0.25, -0.2) is 4.98 Å². The Hall–Kier alpha value is -2.68. The average Bonchev–Trinajstić information content (AvgIpc) is 3.17. The van der Waals surface area contributed by atoms with Gasteiger partial charge < -0.3 is 9.67 Å². The fourth-order valence-electron chi connectivity index (χ4n) is 3.60. The van der Waals surface area contributed by atoms with Gasteiger partial charge in [0, 0.05) is 52.5 Å². The van der Waals surface area contributed by atoms with Crippen LogP contribution < -0.4 is 0 Å². The molecule has 2 heterocycles. The lowest BCUT2D eigenvalue weighted by Gasteiger charge is -2.34. The molecular weight excluding hydrogens is 429 g/mol. The Morgan fingerprint density at radius 3 is 2.12 bits per heavy atom. The Morgan fingerprint density at radius 1 is 1.03 bits per heavy atom. The molecule has 2 aromatic rings. The van der Waals surface area contributed by atoms with Gasteiger partial charge in [-0.1, -0.05) is 49.6 Å². The fourth-order valence-corrected chi connectivity index (χ4v) is 3.60. The predicted octanol–water partition coefficient (Wildman–Crippen LogP) is 4.18. The lowest BCUT2D eigenvalue weighted by molar-refractivity contribution is -0.235. The van der Waals surface area contributed by atoms with Crippen LogP contribution in [-0.4, -0.2) is 62.4 Å². The maximum Gasteiger partial charge on any atom is 0.421 e. The number of hydrogen-bond donors (Lipinski definition) is 1. The third-order valence-electron chi connectivity index (χ3n) is 6.16. The van der Waals surface area contributed by atoms with Gasteiger partial charge in [-0.3, -0.25) is 9.80 Å². The summed E-state index contributed by atoms with van der Waals surface area (Å²) >= 11 is 0. The van der Waals surface area contributed by atoms with Crippen molar-refractivity contribution in [2.45, 2.75) is 31.8 Å². The molecule has 1 aromatic carbocycles. The van der Waals surface area contributed by atoms with E-state index >= 15 is 0 Å². The second-order valence-corrected chi connectivity index (χ2v) is 8.70. The summed E-state index contributed by atoms with van der Waals surface area (Å²) in [5.41, 5.74) is 0.309. The van der Waals surface area contributed by atoms with Crippen LogP contribution in [0.3, 0.4) is 0 Å². The zero-order chi connectivity index (χ0) is 24.2. The molecule has 0 spiro atoms. The first kappa shape index (κ1) is 25.0. The van der Waals surface area contributed by atoms with E-state index in [4.69, 9.17) is 0 Å². The Bertz CT molecular complexity index is 997. The second kappa shape index (κ2) is 10.1. The van der Waals surface area contributed by atoms with Crippen LogP contribution in [-0.2, 0) is 20.1 Å². The zero-order valence-electron chi connectivity index (χ0n) is 19.1. The molecule has 1 aliphatic heterocycles. The van der Waals surface area contributed by atoms with Crippen LogP contribution in [0.2, 0.25) is 0 Å². The van der Waals surface area contributed by atoms with E-state index in [2.05, 4.69) is 27.9 Å². The number of aromatic nitrogens is 2. The molecule has 178 valence electrons. The third kappa shape index (κ3) is 6.22. The number of aryl methyl sites for hydroxylation is 1. The van der Waals surface area contributed by atoms with E-state index in [0.29, 0.717) is 12.5 Å². The quantitative estimate of drug-likeness (QED) is 0.601. The number of piperazine rings is 1. The van der Waals surface area contributed by atoms with Crippen molar-refractivity contribution in [3.05, 3.63) is 84.5 Å². The van der Waals surface area contributed by atoms with Crippen molar-refractivity contribution < 1.29 is 18.3 Å². The SMILES string of the molecule is C=C(/C=C\C(=C)C(C)(O)C(F)(F)F)c1ccc(CN2CCN(Cc3cncn3C)CC2)cc1. The van der Waals surface area contributed by atoms with Crippen LogP contribution in [0.25, 0.3) is 5.57 Å². The van der Waals surface area contributed by atoms with Crippen LogP contribution >= 0.6 is 0 Å². The van der Waals surface area contributed by atoms with E-state index in [-0.39, 0.29) is 0 Å². The fraction of sp³-hybridized carbons (Fsp3) is 0.400. The first-order valence-corrected chi connectivity index (χ1v) is 10.8. The normalized spacial score (nSPS) is 17.9. The Labute approximate surface area is 193 Å². The van der Waals surface area contributed by atoms with Crippen molar-refractivity contribution in [3.8, 4) is 0 Å². The van der Waals surface area contributed by atoms with Crippen molar-refractivity contribution in [1.29, 1.82) is 0 Å². The van der Waals surface area contributed by atoms with Gasteiger partial charge in [0.05, 0.1) is 12.0 Å². The number of allylic oxidation sites excluding steroid dienone is 2. The van der Waals surface area contributed by atoms with E-state index in [1.54, 1.807) is 0 Å². The summed E-state index contributed by atoms with van der Waals surface area (Å²) < 4.78 is 40.8. The van der Waals surface area contributed by atoms with Gasteiger partial charge in [-0.2, -0.15) is 13.2 Å². The third-order valence-corrected chi connectivity index (χ3v) is 6.16. The Morgan fingerprint density at radius 2 is 1.61 bits per heavy atom. The summed E-state index contributed by atoms with van der Waals surface area (Å²) in [4.78, 5) is 9.01. The van der Waals surface area contributed by atoms with Crippen molar-refractivity contribution in [3.63, 3.8) is 0 Å². The second-order valence-electron chi connectivity index (χ2n) is 8.70. The van der Waals surface area contributed by atoms with E-state index in [1.165, 1.54) is 17.3 Å². The van der Waals surface area contributed by atoms with Gasteiger partial charge in [0.25, 0.3) is 0 Å². The molecule has 33 heavy (non-hydrogen) atoms. The standard InChI is InChI=1S/C25H31F3N4O/c1-19(5-6-20(2)24(3,33)25(26,27)28)22-9-7-21(8-10-22)16-31-11-13-32(14-12-31)17-23-15-29-18-30(23)4/h5-10,15,18,33H,1-2,11-14,16-17H2,3-4H3/b6-5-. The van der Waals surface area contributed by atoms with E-state index < -0.39 is 17.4 Å². The van der Waals surface area contributed by atoms with Gasteiger partial charge in [-0.05, 0) is 29.2 Å². The van der Waals surface area contributed by atoms with Crippen LogP contribution in [0.1, 0.15) is 23.7 Å². The predicted molar refractivity (Wildman–Crippen MR) is 124 cm³/mol. The summed E-state index contributed by atoms with van der Waals surface area (Å²) in [6, 6.07) is 7.84. The maximum atomic E-state index is 12.9. The molecule has 1 atom stereocenters. The summed E-state index contributed by atoms with van der Waals surface area (Å²) in [7, 11) is 2.01. The summed E-state index contributed by atoms with van der Waals surface area (Å²) in [5.74, 6) is 0. The topological polar surface area (TPSA) is 44.5 Å². The highest BCUT2D eigenvalue weighted by Crippen LogP contribution is 2.35. The van der Waals surface area contributed by atoms with Crippen LogP contribution in [0, 0.1) is 0 Å². The summed E-state index contributed by atoms with van der Waals surface area (Å²) in [5, 5.41) is 9.67. The molecule has 0 aliphatic carbocycles. The minimum Gasteiger partial charge on any atom is -0.376 e. The molecule has 1 unspecified atom stereocenters. The van der Waals surface area contributed by atoms with E-state index in [9.17, 15) is 18.3 Å². The number of alkyl halides is 3. The van der Waals surface area contributed by atoms with Gasteiger partial charge in [0.15, 0.2) is 5.60 Å². The highest BCUT2D eigenvalue weighted by atomic mass is 19.4. The number of aliphatic hydroxyl groups is 1. The van der Waals surface area contributed by atoms with Crippen LogP contribution in [0.4, 0.5) is 13.2 Å². The first-order valence-electron chi connectivity index (χ1n) is 10.8. The van der Waals surface area contributed by atoms with Gasteiger partial charge >= 0.3 is 6.18 Å². The zero-order valence-corrected chi connectivity index (χ0v) is 19.1. The number of rotatable bonds is 8. The van der Waals surface area contributed by atoms with Gasteiger partial charge in [0.1, 0.15) is 0 Å². The molecule has 0 saturated carbocycles. The minimum atomic E-state index is -4.79. The van der Waals surface area contributed by atoms with Gasteiger partial charge in [-0.15, -0.1) is 0 Å². The smallest absolute Gasteiger partial charge is 0.376 e. The van der Waals surface area contributed by atoms with Crippen LogP contribution in [0.15, 0.2) is 67.7 Å². The first-order chi connectivity index (χ1) is 15.5.